The number of aldehydes is 1. The van der Waals surface area contributed by atoms with Gasteiger partial charge in [0.05, 0.1) is 23.5 Å². The van der Waals surface area contributed by atoms with Gasteiger partial charge in [0.2, 0.25) is 0 Å². The molecule has 0 radical (unpaired) electrons. The quantitative estimate of drug-likeness (QED) is 0.500. The SMILES string of the molecule is NCC(=O)c1ccc(N=Nc2ccc(O)c(C=O)c2)cc1. The molecule has 0 saturated heterocycles. The maximum atomic E-state index is 11.4. The average Bonchev–Trinajstić information content (AvgIpc) is 2.53. The maximum Gasteiger partial charge on any atom is 0.176 e. The number of hydrogen-bond donors (Lipinski definition) is 2. The first kappa shape index (κ1) is 14.5. The van der Waals surface area contributed by atoms with Gasteiger partial charge in [0.25, 0.3) is 0 Å². The number of nitrogens with zero attached hydrogens (tertiary/aromatic N) is 2. The van der Waals surface area contributed by atoms with Crippen molar-refractivity contribution in [1.82, 2.24) is 0 Å². The number of carbonyl (C=O) groups excluding carboxylic acids is 2. The minimum absolute atomic E-state index is 0.0388. The van der Waals surface area contributed by atoms with Gasteiger partial charge in [-0.25, -0.2) is 0 Å². The molecule has 2 aromatic rings. The van der Waals surface area contributed by atoms with Crippen LogP contribution in [0.15, 0.2) is 52.7 Å². The summed E-state index contributed by atoms with van der Waals surface area (Å²) in [6.45, 7) is -0.0388. The van der Waals surface area contributed by atoms with Gasteiger partial charge in [-0.2, -0.15) is 10.2 Å². The highest BCUT2D eigenvalue weighted by Gasteiger charge is 2.03. The van der Waals surface area contributed by atoms with Gasteiger partial charge in [0, 0.05) is 5.56 Å². The summed E-state index contributed by atoms with van der Waals surface area (Å²) in [6, 6.07) is 10.9. The Morgan fingerprint density at radius 1 is 1.10 bits per heavy atom. The number of azo groups is 1. The number of phenols is 1. The van der Waals surface area contributed by atoms with Crippen molar-refractivity contribution < 1.29 is 14.7 Å². The van der Waals surface area contributed by atoms with Crippen LogP contribution < -0.4 is 5.73 Å². The Balaban J connectivity index is 2.17. The Kier molecular flexibility index (Phi) is 4.53. The third-order valence-electron chi connectivity index (χ3n) is 2.79. The molecule has 0 aliphatic heterocycles. The van der Waals surface area contributed by atoms with E-state index < -0.39 is 0 Å². The molecule has 0 aromatic heterocycles. The smallest absolute Gasteiger partial charge is 0.176 e. The monoisotopic (exact) mass is 283 g/mol. The lowest BCUT2D eigenvalue weighted by molar-refractivity contribution is 0.100. The van der Waals surface area contributed by atoms with Crippen molar-refractivity contribution in [2.75, 3.05) is 6.54 Å². The highest BCUT2D eigenvalue weighted by Crippen LogP contribution is 2.24. The third-order valence-corrected chi connectivity index (χ3v) is 2.79. The fourth-order valence-corrected chi connectivity index (χ4v) is 1.65. The van der Waals surface area contributed by atoms with E-state index in [1.54, 1.807) is 24.3 Å². The second-order valence-electron chi connectivity index (χ2n) is 4.24. The van der Waals surface area contributed by atoms with Crippen LogP contribution in [-0.2, 0) is 0 Å². The number of aromatic hydroxyl groups is 1. The second-order valence-corrected chi connectivity index (χ2v) is 4.24. The predicted octanol–water partition coefficient (Wildman–Crippen LogP) is 2.76. The molecule has 0 saturated carbocycles. The number of Topliss-reactive ketones (excluding diaryl/α,β-unsaturated/α-hetero) is 1. The Hall–Kier alpha value is -2.86. The zero-order valence-corrected chi connectivity index (χ0v) is 11.1. The van der Waals surface area contributed by atoms with Crippen LogP contribution in [0, 0.1) is 0 Å². The van der Waals surface area contributed by atoms with Crippen molar-refractivity contribution in [2.45, 2.75) is 0 Å². The summed E-state index contributed by atoms with van der Waals surface area (Å²) in [5.74, 6) is -0.249. The van der Waals surface area contributed by atoms with Crippen LogP contribution in [0.25, 0.3) is 0 Å². The van der Waals surface area contributed by atoms with Gasteiger partial charge in [-0.05, 0) is 42.5 Å². The summed E-state index contributed by atoms with van der Waals surface area (Å²) in [6.07, 6.45) is 0.543. The number of nitrogens with two attached hydrogens (primary N) is 1. The van der Waals surface area contributed by atoms with E-state index >= 15 is 0 Å². The topological polar surface area (TPSA) is 105 Å². The van der Waals surface area contributed by atoms with Crippen LogP contribution in [0.4, 0.5) is 11.4 Å². The molecule has 0 amide bonds. The molecule has 6 nitrogen and oxygen atoms in total. The molecule has 0 bridgehead atoms. The third kappa shape index (κ3) is 3.58. The number of ketones is 1. The van der Waals surface area contributed by atoms with Crippen LogP contribution in [0.3, 0.4) is 0 Å². The van der Waals surface area contributed by atoms with Gasteiger partial charge in [0.1, 0.15) is 5.75 Å². The molecule has 3 N–H and O–H groups in total. The fourth-order valence-electron chi connectivity index (χ4n) is 1.65. The first-order valence-electron chi connectivity index (χ1n) is 6.17. The minimum Gasteiger partial charge on any atom is -0.507 e. The minimum atomic E-state index is -0.146. The van der Waals surface area contributed by atoms with Crippen molar-refractivity contribution in [2.24, 2.45) is 16.0 Å². The molecule has 21 heavy (non-hydrogen) atoms. The van der Waals surface area contributed by atoms with Crippen LogP contribution >= 0.6 is 0 Å². The molecule has 2 rings (SSSR count). The number of rotatable bonds is 5. The van der Waals surface area contributed by atoms with Crippen LogP contribution in [0.2, 0.25) is 0 Å². The van der Waals surface area contributed by atoms with E-state index in [4.69, 9.17) is 5.73 Å². The highest BCUT2D eigenvalue weighted by atomic mass is 16.3. The molecule has 0 fully saturated rings. The molecular weight excluding hydrogens is 270 g/mol. The van der Waals surface area contributed by atoms with Crippen molar-refractivity contribution in [1.29, 1.82) is 0 Å². The van der Waals surface area contributed by atoms with E-state index in [9.17, 15) is 14.7 Å². The van der Waals surface area contributed by atoms with E-state index in [2.05, 4.69) is 10.2 Å². The predicted molar refractivity (Wildman–Crippen MR) is 77.5 cm³/mol. The van der Waals surface area contributed by atoms with Gasteiger partial charge in [-0.1, -0.05) is 0 Å². The molecule has 0 unspecified atom stereocenters. The normalized spacial score (nSPS) is 10.7. The van der Waals surface area contributed by atoms with Gasteiger partial charge in [-0.3, -0.25) is 9.59 Å². The summed E-state index contributed by atoms with van der Waals surface area (Å²) < 4.78 is 0. The van der Waals surface area contributed by atoms with Gasteiger partial charge < -0.3 is 10.8 Å². The Morgan fingerprint density at radius 2 is 1.71 bits per heavy atom. The van der Waals surface area contributed by atoms with Gasteiger partial charge in [0.15, 0.2) is 12.1 Å². The second kappa shape index (κ2) is 6.53. The zero-order valence-electron chi connectivity index (χ0n) is 11.1. The van der Waals surface area contributed by atoms with Crippen molar-refractivity contribution in [3.05, 3.63) is 53.6 Å². The van der Waals surface area contributed by atoms with Crippen molar-refractivity contribution in [3.8, 4) is 5.75 Å². The lowest BCUT2D eigenvalue weighted by Crippen LogP contribution is -2.13. The van der Waals surface area contributed by atoms with Crippen LogP contribution in [0.5, 0.6) is 5.75 Å². The molecule has 0 spiro atoms. The first-order valence-corrected chi connectivity index (χ1v) is 6.17. The molecular formula is C15H13N3O3. The molecule has 106 valence electrons. The summed E-state index contributed by atoms with van der Waals surface area (Å²) in [4.78, 5) is 22.1. The summed E-state index contributed by atoms with van der Waals surface area (Å²) in [7, 11) is 0. The largest absolute Gasteiger partial charge is 0.507 e. The lowest BCUT2D eigenvalue weighted by Gasteiger charge is -1.99. The molecule has 0 heterocycles. The summed E-state index contributed by atoms with van der Waals surface area (Å²) >= 11 is 0. The van der Waals surface area contributed by atoms with Crippen molar-refractivity contribution in [3.63, 3.8) is 0 Å². The zero-order chi connectivity index (χ0) is 15.2. The number of benzene rings is 2. The molecule has 0 atom stereocenters. The Bertz CT molecular complexity index is 694. The number of carbonyl (C=O) groups is 2. The van der Waals surface area contributed by atoms with E-state index in [0.29, 0.717) is 23.2 Å². The molecule has 0 aliphatic rings. The Labute approximate surface area is 120 Å². The average molecular weight is 283 g/mol. The summed E-state index contributed by atoms with van der Waals surface area (Å²) in [5.41, 5.74) is 6.94. The van der Waals surface area contributed by atoms with Crippen LogP contribution in [-0.4, -0.2) is 23.7 Å². The van der Waals surface area contributed by atoms with E-state index in [1.807, 2.05) is 0 Å². The highest BCUT2D eigenvalue weighted by molar-refractivity contribution is 5.97. The van der Waals surface area contributed by atoms with E-state index in [1.165, 1.54) is 18.2 Å². The number of hydrogen-bond acceptors (Lipinski definition) is 6. The molecule has 2 aromatic carbocycles. The summed E-state index contributed by atoms with van der Waals surface area (Å²) in [5, 5.41) is 17.3. The Morgan fingerprint density at radius 3 is 2.33 bits per heavy atom. The van der Waals surface area contributed by atoms with Crippen LogP contribution in [0.1, 0.15) is 20.7 Å². The van der Waals surface area contributed by atoms with Crippen molar-refractivity contribution >= 4 is 23.4 Å². The standard InChI is InChI=1S/C15H13N3O3/c16-8-15(21)10-1-3-12(4-2-10)17-18-13-5-6-14(20)11(7-13)9-19/h1-7,9,20H,8,16H2. The van der Waals surface area contributed by atoms with E-state index in [-0.39, 0.29) is 23.6 Å². The first-order chi connectivity index (χ1) is 10.1. The lowest BCUT2D eigenvalue weighted by atomic mass is 10.1. The number of phenolic OH excluding ortho intramolecular Hbond substituents is 1. The fraction of sp³-hybridized carbons (Fsp3) is 0.0667. The van der Waals surface area contributed by atoms with Gasteiger partial charge in [-0.15, -0.1) is 0 Å². The van der Waals surface area contributed by atoms with Gasteiger partial charge >= 0.3 is 0 Å². The maximum absolute atomic E-state index is 11.4. The molecule has 0 aliphatic carbocycles. The molecule has 6 heteroatoms. The van der Waals surface area contributed by atoms with E-state index in [0.717, 1.165) is 0 Å².